The maximum absolute atomic E-state index is 12.8. The zero-order valence-corrected chi connectivity index (χ0v) is 18.6. The molecule has 1 fully saturated rings. The first-order valence-corrected chi connectivity index (χ1v) is 11.2. The van der Waals surface area contributed by atoms with E-state index < -0.39 is 0 Å². The highest BCUT2D eigenvalue weighted by Gasteiger charge is 2.19. The summed E-state index contributed by atoms with van der Waals surface area (Å²) in [4.78, 5) is 36.3. The second-order valence-electron chi connectivity index (χ2n) is 7.53. The number of benzene rings is 1. The predicted octanol–water partition coefficient (Wildman–Crippen LogP) is 3.19. The third-order valence-electron chi connectivity index (χ3n) is 5.34. The van der Waals surface area contributed by atoms with E-state index in [1.807, 2.05) is 19.1 Å². The molecular weight excluding hydrogens is 442 g/mol. The molecule has 3 aromatic heterocycles. The number of pyridine rings is 1. The van der Waals surface area contributed by atoms with Crippen LogP contribution in [-0.2, 0) is 4.74 Å². The number of aromatic nitrogens is 4. The Hall–Kier alpha value is -3.83. The van der Waals surface area contributed by atoms with Crippen molar-refractivity contribution in [2.24, 2.45) is 0 Å². The van der Waals surface area contributed by atoms with Crippen molar-refractivity contribution in [2.75, 3.05) is 36.9 Å². The molecule has 0 saturated carbocycles. The third-order valence-corrected chi connectivity index (χ3v) is 6.25. The number of nitrogens with zero attached hydrogens (tertiary/aromatic N) is 4. The highest BCUT2D eigenvalue weighted by Crippen LogP contribution is 2.28. The quantitative estimate of drug-likeness (QED) is 0.415. The van der Waals surface area contributed by atoms with Gasteiger partial charge in [-0.15, -0.1) is 0 Å². The standard InChI is InChI=1S/C22H21N7O3S/c1-13-2-3-16-15(11-25-28-16)19(13)27-20(30)17-12-24-22(33-17)26-18-10-14(4-5-23-18)21(31)29-6-8-32-9-7-29/h2-5,10-12H,6-9H2,1H3,(H,25,28)(H,27,30)(H,23,24,26). The molecule has 0 unspecified atom stereocenters. The number of aromatic amines is 1. The molecule has 1 saturated heterocycles. The van der Waals surface area contributed by atoms with Crippen LogP contribution < -0.4 is 10.6 Å². The van der Waals surface area contributed by atoms with E-state index in [0.29, 0.717) is 53.4 Å². The molecule has 4 heterocycles. The van der Waals surface area contributed by atoms with Crippen LogP contribution in [0.3, 0.4) is 0 Å². The Morgan fingerprint density at radius 1 is 1.15 bits per heavy atom. The molecule has 2 amide bonds. The average molecular weight is 464 g/mol. The van der Waals surface area contributed by atoms with Crippen molar-refractivity contribution in [1.82, 2.24) is 25.1 Å². The van der Waals surface area contributed by atoms with Crippen LogP contribution in [0, 0.1) is 6.92 Å². The second kappa shape index (κ2) is 8.96. The number of aryl methyl sites for hydroxylation is 1. The number of rotatable bonds is 5. The fourth-order valence-electron chi connectivity index (χ4n) is 3.59. The molecule has 0 bridgehead atoms. The van der Waals surface area contributed by atoms with E-state index >= 15 is 0 Å². The number of carbonyl (C=O) groups is 2. The number of anilines is 3. The van der Waals surface area contributed by atoms with Crippen LogP contribution in [0.1, 0.15) is 25.6 Å². The topological polar surface area (TPSA) is 125 Å². The van der Waals surface area contributed by atoms with Crippen molar-refractivity contribution in [3.05, 3.63) is 58.9 Å². The molecule has 11 heteroatoms. The summed E-state index contributed by atoms with van der Waals surface area (Å²) >= 11 is 1.20. The zero-order chi connectivity index (χ0) is 22.8. The summed E-state index contributed by atoms with van der Waals surface area (Å²) in [6.07, 6.45) is 4.77. The number of morpholine rings is 1. The van der Waals surface area contributed by atoms with E-state index in [2.05, 4.69) is 30.8 Å². The van der Waals surface area contributed by atoms with Gasteiger partial charge in [0, 0.05) is 30.2 Å². The van der Waals surface area contributed by atoms with Gasteiger partial charge < -0.3 is 20.3 Å². The molecule has 0 aliphatic carbocycles. The number of fused-ring (bicyclic) bond motifs is 1. The lowest BCUT2D eigenvalue weighted by atomic mass is 10.1. The summed E-state index contributed by atoms with van der Waals surface area (Å²) < 4.78 is 5.31. The second-order valence-corrected chi connectivity index (χ2v) is 8.56. The summed E-state index contributed by atoms with van der Waals surface area (Å²) in [7, 11) is 0. The number of ether oxygens (including phenoxy) is 1. The number of carbonyl (C=O) groups excluding carboxylic acids is 2. The number of nitrogens with one attached hydrogen (secondary N) is 3. The molecule has 33 heavy (non-hydrogen) atoms. The van der Waals surface area contributed by atoms with Crippen LogP contribution in [0.5, 0.6) is 0 Å². The number of amides is 2. The zero-order valence-electron chi connectivity index (χ0n) is 17.8. The monoisotopic (exact) mass is 463 g/mol. The number of thiazole rings is 1. The lowest BCUT2D eigenvalue weighted by Crippen LogP contribution is -2.40. The van der Waals surface area contributed by atoms with Crippen molar-refractivity contribution < 1.29 is 14.3 Å². The minimum Gasteiger partial charge on any atom is -0.378 e. The molecule has 4 aromatic rings. The van der Waals surface area contributed by atoms with Crippen LogP contribution >= 0.6 is 11.3 Å². The molecule has 0 radical (unpaired) electrons. The maximum Gasteiger partial charge on any atom is 0.267 e. The first-order chi connectivity index (χ1) is 16.1. The van der Waals surface area contributed by atoms with Gasteiger partial charge in [0.2, 0.25) is 0 Å². The molecule has 0 spiro atoms. The minimum atomic E-state index is -0.262. The Morgan fingerprint density at radius 3 is 2.85 bits per heavy atom. The smallest absolute Gasteiger partial charge is 0.267 e. The molecule has 168 valence electrons. The molecular formula is C22H21N7O3S. The van der Waals surface area contributed by atoms with E-state index in [1.54, 1.807) is 29.4 Å². The first kappa shape index (κ1) is 21.0. The summed E-state index contributed by atoms with van der Waals surface area (Å²) in [5.74, 6) is 0.155. The van der Waals surface area contributed by atoms with E-state index in [0.717, 1.165) is 16.5 Å². The molecule has 5 rings (SSSR count). The van der Waals surface area contributed by atoms with Gasteiger partial charge in [0.05, 0.1) is 36.8 Å². The number of H-pyrrole nitrogens is 1. The van der Waals surface area contributed by atoms with Crippen LogP contribution in [0.25, 0.3) is 10.9 Å². The molecule has 0 atom stereocenters. The van der Waals surface area contributed by atoms with E-state index in [-0.39, 0.29) is 11.8 Å². The normalized spacial score (nSPS) is 13.8. The average Bonchev–Trinajstić information content (AvgIpc) is 3.51. The summed E-state index contributed by atoms with van der Waals surface area (Å²) in [5.41, 5.74) is 3.03. The van der Waals surface area contributed by atoms with Crippen molar-refractivity contribution in [1.29, 1.82) is 0 Å². The highest BCUT2D eigenvalue weighted by atomic mass is 32.1. The summed E-state index contributed by atoms with van der Waals surface area (Å²) in [6.45, 7) is 4.15. The van der Waals surface area contributed by atoms with Gasteiger partial charge in [0.15, 0.2) is 5.13 Å². The van der Waals surface area contributed by atoms with Gasteiger partial charge in [0.1, 0.15) is 10.7 Å². The Bertz CT molecular complexity index is 1330. The molecule has 1 aromatic carbocycles. The van der Waals surface area contributed by atoms with Gasteiger partial charge in [0.25, 0.3) is 11.8 Å². The lowest BCUT2D eigenvalue weighted by Gasteiger charge is -2.26. The van der Waals surface area contributed by atoms with Gasteiger partial charge in [-0.05, 0) is 30.7 Å². The van der Waals surface area contributed by atoms with Crippen molar-refractivity contribution in [2.45, 2.75) is 6.92 Å². The van der Waals surface area contributed by atoms with Gasteiger partial charge >= 0.3 is 0 Å². The molecule has 1 aliphatic heterocycles. The highest BCUT2D eigenvalue weighted by molar-refractivity contribution is 7.17. The maximum atomic E-state index is 12.8. The van der Waals surface area contributed by atoms with Crippen LogP contribution in [0.2, 0.25) is 0 Å². The van der Waals surface area contributed by atoms with Crippen molar-refractivity contribution in [3.8, 4) is 0 Å². The SMILES string of the molecule is Cc1ccc2[nH]ncc2c1NC(=O)c1cnc(Nc2cc(C(=O)N3CCOCC3)ccn2)s1. The lowest BCUT2D eigenvalue weighted by molar-refractivity contribution is 0.0303. The number of hydrogen-bond acceptors (Lipinski definition) is 8. The first-order valence-electron chi connectivity index (χ1n) is 10.4. The summed E-state index contributed by atoms with van der Waals surface area (Å²) in [6, 6.07) is 7.21. The fraction of sp³-hybridized carbons (Fsp3) is 0.227. The Kier molecular flexibility index (Phi) is 5.71. The number of hydrogen-bond donors (Lipinski definition) is 3. The van der Waals surface area contributed by atoms with Gasteiger partial charge in [-0.2, -0.15) is 5.10 Å². The van der Waals surface area contributed by atoms with E-state index in [1.165, 1.54) is 17.5 Å². The largest absolute Gasteiger partial charge is 0.378 e. The van der Waals surface area contributed by atoms with Gasteiger partial charge in [-0.1, -0.05) is 17.4 Å². The van der Waals surface area contributed by atoms with Gasteiger partial charge in [-0.3, -0.25) is 14.7 Å². The Balaban J connectivity index is 1.29. The van der Waals surface area contributed by atoms with Crippen LogP contribution in [0.4, 0.5) is 16.6 Å². The molecule has 1 aliphatic rings. The van der Waals surface area contributed by atoms with Crippen LogP contribution in [0.15, 0.2) is 42.9 Å². The molecule has 10 nitrogen and oxygen atoms in total. The predicted molar refractivity (Wildman–Crippen MR) is 125 cm³/mol. The van der Waals surface area contributed by atoms with Crippen molar-refractivity contribution >= 4 is 50.7 Å². The van der Waals surface area contributed by atoms with E-state index in [9.17, 15) is 9.59 Å². The van der Waals surface area contributed by atoms with Crippen molar-refractivity contribution in [3.63, 3.8) is 0 Å². The summed E-state index contributed by atoms with van der Waals surface area (Å²) in [5, 5.41) is 14.3. The molecule has 3 N–H and O–H groups in total. The van der Waals surface area contributed by atoms with Crippen LogP contribution in [-0.4, -0.2) is 63.2 Å². The Labute approximate surface area is 193 Å². The Morgan fingerprint density at radius 2 is 2.00 bits per heavy atom. The third kappa shape index (κ3) is 4.41. The fourth-order valence-corrected chi connectivity index (χ4v) is 4.31. The van der Waals surface area contributed by atoms with Gasteiger partial charge in [-0.25, -0.2) is 9.97 Å². The minimum absolute atomic E-state index is 0.0632. The van der Waals surface area contributed by atoms with E-state index in [4.69, 9.17) is 4.74 Å².